The minimum atomic E-state index is 0.932. The molecule has 0 amide bonds. The van der Waals surface area contributed by atoms with Gasteiger partial charge in [0.05, 0.1) is 6.61 Å². The van der Waals surface area contributed by atoms with Crippen molar-refractivity contribution < 1.29 is 4.74 Å². The van der Waals surface area contributed by atoms with E-state index in [2.05, 4.69) is 0 Å². The molecule has 0 N–H and O–H groups in total. The summed E-state index contributed by atoms with van der Waals surface area (Å²) in [5.41, 5.74) is 0. The molecule has 0 aromatic heterocycles. The standard InChI is InChI=1S/C10H19O/c1-2-11-9-8-10-6-4-3-5-7-10/h2,10H,3-9H2,1H3. The van der Waals surface area contributed by atoms with Crippen LogP contribution in [0.1, 0.15) is 45.4 Å². The van der Waals surface area contributed by atoms with Crippen molar-refractivity contribution in [3.63, 3.8) is 0 Å². The van der Waals surface area contributed by atoms with Crippen LogP contribution in [0.2, 0.25) is 0 Å². The normalized spacial score (nSPS) is 20.5. The van der Waals surface area contributed by atoms with Gasteiger partial charge in [0.1, 0.15) is 0 Å². The highest BCUT2D eigenvalue weighted by atomic mass is 16.5. The molecule has 1 radical (unpaired) electrons. The molecule has 1 heteroatoms. The van der Waals surface area contributed by atoms with E-state index in [1.54, 1.807) is 6.61 Å². The summed E-state index contributed by atoms with van der Waals surface area (Å²) >= 11 is 0. The molecule has 0 atom stereocenters. The van der Waals surface area contributed by atoms with Crippen molar-refractivity contribution in [1.82, 2.24) is 0 Å². The molecule has 0 aliphatic heterocycles. The lowest BCUT2D eigenvalue weighted by Gasteiger charge is -2.20. The van der Waals surface area contributed by atoms with Gasteiger partial charge >= 0.3 is 0 Å². The Kier molecular flexibility index (Phi) is 4.60. The summed E-state index contributed by atoms with van der Waals surface area (Å²) in [5.74, 6) is 0.962. The molecular formula is C10H19O. The van der Waals surface area contributed by atoms with Crippen molar-refractivity contribution in [2.24, 2.45) is 5.92 Å². The van der Waals surface area contributed by atoms with Gasteiger partial charge in [-0.3, -0.25) is 0 Å². The monoisotopic (exact) mass is 155 g/mol. The molecule has 1 fully saturated rings. The molecule has 65 valence electrons. The first-order chi connectivity index (χ1) is 5.43. The molecule has 0 spiro atoms. The van der Waals surface area contributed by atoms with Crippen molar-refractivity contribution in [2.75, 3.05) is 6.61 Å². The molecule has 11 heavy (non-hydrogen) atoms. The van der Waals surface area contributed by atoms with E-state index < -0.39 is 0 Å². The van der Waals surface area contributed by atoms with E-state index in [1.165, 1.54) is 38.5 Å². The van der Waals surface area contributed by atoms with Gasteiger partial charge in [-0.1, -0.05) is 32.1 Å². The Hall–Kier alpha value is -0.0400. The second-order valence-electron chi connectivity index (χ2n) is 3.40. The van der Waals surface area contributed by atoms with Crippen molar-refractivity contribution in [3.05, 3.63) is 6.61 Å². The summed E-state index contributed by atoms with van der Waals surface area (Å²) in [7, 11) is 0. The maximum absolute atomic E-state index is 5.21. The Bertz CT molecular complexity index is 84.9. The second kappa shape index (κ2) is 5.59. The molecule has 1 saturated carbocycles. The Labute approximate surface area is 70.1 Å². The average Bonchev–Trinajstić information content (AvgIpc) is 2.07. The predicted octanol–water partition coefficient (Wildman–Crippen LogP) is 3.16. The number of hydrogen-bond acceptors (Lipinski definition) is 1. The fourth-order valence-corrected chi connectivity index (χ4v) is 1.83. The molecular weight excluding hydrogens is 136 g/mol. The lowest BCUT2D eigenvalue weighted by molar-refractivity contribution is 0.171. The maximum Gasteiger partial charge on any atom is 0.0805 e. The van der Waals surface area contributed by atoms with E-state index in [0.717, 1.165) is 12.5 Å². The van der Waals surface area contributed by atoms with Crippen molar-refractivity contribution in [3.8, 4) is 0 Å². The van der Waals surface area contributed by atoms with Crippen LogP contribution in [0.15, 0.2) is 0 Å². The fourth-order valence-electron chi connectivity index (χ4n) is 1.83. The van der Waals surface area contributed by atoms with Crippen LogP contribution in [-0.2, 0) is 4.74 Å². The number of hydrogen-bond donors (Lipinski definition) is 0. The van der Waals surface area contributed by atoms with E-state index in [0.29, 0.717) is 0 Å². The molecule has 0 unspecified atom stereocenters. The lowest BCUT2D eigenvalue weighted by Crippen LogP contribution is -2.08. The first-order valence-electron chi connectivity index (χ1n) is 4.83. The van der Waals surface area contributed by atoms with Gasteiger partial charge in [0.25, 0.3) is 0 Å². The van der Waals surface area contributed by atoms with Crippen LogP contribution in [0.5, 0.6) is 0 Å². The topological polar surface area (TPSA) is 9.23 Å². The van der Waals surface area contributed by atoms with Gasteiger partial charge < -0.3 is 4.74 Å². The van der Waals surface area contributed by atoms with Crippen LogP contribution in [0, 0.1) is 12.5 Å². The van der Waals surface area contributed by atoms with E-state index in [9.17, 15) is 0 Å². The van der Waals surface area contributed by atoms with Crippen LogP contribution in [0.4, 0.5) is 0 Å². The first kappa shape index (κ1) is 9.05. The van der Waals surface area contributed by atoms with Crippen LogP contribution < -0.4 is 0 Å². The zero-order valence-corrected chi connectivity index (χ0v) is 7.51. The zero-order valence-electron chi connectivity index (χ0n) is 7.51. The third kappa shape index (κ3) is 3.76. The SMILES string of the molecule is C[CH]OCCC1CCCCC1. The lowest BCUT2D eigenvalue weighted by atomic mass is 9.87. The van der Waals surface area contributed by atoms with Crippen molar-refractivity contribution in [1.29, 1.82) is 0 Å². The Morgan fingerprint density at radius 2 is 2.00 bits per heavy atom. The van der Waals surface area contributed by atoms with E-state index in [-0.39, 0.29) is 0 Å². The molecule has 0 heterocycles. The number of ether oxygens (including phenoxy) is 1. The third-order valence-electron chi connectivity index (χ3n) is 2.54. The summed E-state index contributed by atoms with van der Waals surface area (Å²) in [6.07, 6.45) is 8.49. The largest absolute Gasteiger partial charge is 0.376 e. The third-order valence-corrected chi connectivity index (χ3v) is 2.54. The summed E-state index contributed by atoms with van der Waals surface area (Å²) in [5, 5.41) is 0. The maximum atomic E-state index is 5.21. The zero-order chi connectivity index (χ0) is 7.94. The van der Waals surface area contributed by atoms with E-state index in [1.807, 2.05) is 6.92 Å². The molecule has 0 saturated heterocycles. The smallest absolute Gasteiger partial charge is 0.0805 e. The Morgan fingerprint density at radius 1 is 1.27 bits per heavy atom. The molecule has 1 aliphatic carbocycles. The van der Waals surface area contributed by atoms with Crippen molar-refractivity contribution >= 4 is 0 Å². The van der Waals surface area contributed by atoms with Gasteiger partial charge in [0, 0.05) is 6.61 Å². The van der Waals surface area contributed by atoms with E-state index in [4.69, 9.17) is 4.74 Å². The Morgan fingerprint density at radius 3 is 2.64 bits per heavy atom. The van der Waals surface area contributed by atoms with Gasteiger partial charge in [0.2, 0.25) is 0 Å². The highest BCUT2D eigenvalue weighted by Crippen LogP contribution is 2.25. The summed E-state index contributed by atoms with van der Waals surface area (Å²) < 4.78 is 5.21. The molecule has 0 aromatic carbocycles. The fraction of sp³-hybridized carbons (Fsp3) is 0.900. The summed E-state index contributed by atoms with van der Waals surface area (Å²) in [6, 6.07) is 0. The summed E-state index contributed by atoms with van der Waals surface area (Å²) in [6.45, 7) is 4.67. The highest BCUT2D eigenvalue weighted by molar-refractivity contribution is 4.65. The van der Waals surface area contributed by atoms with Crippen LogP contribution >= 0.6 is 0 Å². The minimum Gasteiger partial charge on any atom is -0.376 e. The van der Waals surface area contributed by atoms with Gasteiger partial charge in [-0.05, 0) is 19.3 Å². The summed E-state index contributed by atoms with van der Waals surface area (Å²) in [4.78, 5) is 0. The number of rotatable bonds is 4. The van der Waals surface area contributed by atoms with Gasteiger partial charge in [0.15, 0.2) is 0 Å². The van der Waals surface area contributed by atoms with Gasteiger partial charge in [-0.25, -0.2) is 0 Å². The minimum absolute atomic E-state index is 0.932. The molecule has 1 nitrogen and oxygen atoms in total. The van der Waals surface area contributed by atoms with Crippen molar-refractivity contribution in [2.45, 2.75) is 45.4 Å². The van der Waals surface area contributed by atoms with Gasteiger partial charge in [-0.15, -0.1) is 0 Å². The molecule has 1 aliphatic rings. The second-order valence-corrected chi connectivity index (χ2v) is 3.40. The molecule has 1 rings (SSSR count). The average molecular weight is 155 g/mol. The van der Waals surface area contributed by atoms with E-state index >= 15 is 0 Å². The van der Waals surface area contributed by atoms with Crippen LogP contribution in [0.3, 0.4) is 0 Å². The van der Waals surface area contributed by atoms with Gasteiger partial charge in [-0.2, -0.15) is 0 Å². The molecule has 0 bridgehead atoms. The Balaban J connectivity index is 1.96. The quantitative estimate of drug-likeness (QED) is 0.567. The van der Waals surface area contributed by atoms with Crippen LogP contribution in [0.25, 0.3) is 0 Å². The first-order valence-corrected chi connectivity index (χ1v) is 4.83. The predicted molar refractivity (Wildman–Crippen MR) is 47.1 cm³/mol. The van der Waals surface area contributed by atoms with Crippen LogP contribution in [-0.4, -0.2) is 6.61 Å². The molecule has 0 aromatic rings. The highest BCUT2D eigenvalue weighted by Gasteiger charge is 2.12.